The van der Waals surface area contributed by atoms with Crippen molar-refractivity contribution in [3.05, 3.63) is 83.1 Å². The van der Waals surface area contributed by atoms with Gasteiger partial charge in [-0.05, 0) is 0 Å². The Morgan fingerprint density at radius 1 is 0.320 bits per heavy atom. The van der Waals surface area contributed by atoms with Crippen molar-refractivity contribution in [2.75, 3.05) is 0 Å². The fourth-order valence-electron chi connectivity index (χ4n) is 1.30. The van der Waals surface area contributed by atoms with Gasteiger partial charge in [0.2, 0.25) is 0 Å². The van der Waals surface area contributed by atoms with E-state index in [2.05, 4.69) is 13.8 Å². The molecule has 0 amide bonds. The van der Waals surface area contributed by atoms with Crippen molar-refractivity contribution in [3.8, 4) is 0 Å². The molecule has 2 aromatic carbocycles. The maximum atomic E-state index is 12.3. The van der Waals surface area contributed by atoms with Crippen LogP contribution in [0.3, 0.4) is 0 Å². The van der Waals surface area contributed by atoms with Gasteiger partial charge in [-0.2, -0.15) is 13.8 Å². The van der Waals surface area contributed by atoms with Crippen LogP contribution in [0.4, 0.5) is 43.9 Å². The monoisotopic (exact) mass is 426 g/mol. The fourth-order valence-corrected chi connectivity index (χ4v) is 1.30. The molecule has 0 saturated carbocycles. The van der Waals surface area contributed by atoms with E-state index in [1.54, 1.807) is 0 Å². The van der Waals surface area contributed by atoms with Crippen molar-refractivity contribution in [3.63, 3.8) is 0 Å². The van der Waals surface area contributed by atoms with E-state index < -0.39 is 69.3 Å². The first-order chi connectivity index (χ1) is 10.9. The minimum Gasteiger partial charge on any atom is -0.280 e. The fraction of sp³-hybridized carbons (Fsp3) is 0. The summed E-state index contributed by atoms with van der Waals surface area (Å²) in [6, 6.07) is 0. The Labute approximate surface area is 147 Å². The Kier molecular flexibility index (Phi) is 7.82. The van der Waals surface area contributed by atoms with Gasteiger partial charge >= 0.3 is 19.5 Å². The molecule has 25 heavy (non-hydrogen) atoms. The van der Waals surface area contributed by atoms with E-state index in [0.717, 1.165) is 0 Å². The third kappa shape index (κ3) is 4.20. The van der Waals surface area contributed by atoms with Gasteiger partial charge in [-0.1, -0.05) is 0 Å². The smallest absolute Gasteiger partial charge is 0.280 e. The molecule has 0 nitrogen and oxygen atoms in total. The van der Waals surface area contributed by atoms with E-state index in [1.165, 1.54) is 0 Å². The molecule has 0 aliphatic rings. The predicted molar refractivity (Wildman–Crippen MR) is 61.4 cm³/mol. The summed E-state index contributed by atoms with van der Waals surface area (Å²) in [4.78, 5) is 0. The quantitative estimate of drug-likeness (QED) is 0.180. The van der Waals surface area contributed by atoms with Gasteiger partial charge < -0.3 is 0 Å². The third-order valence-corrected chi connectivity index (χ3v) is 2.60. The van der Waals surface area contributed by atoms with Crippen molar-refractivity contribution in [1.82, 2.24) is 0 Å². The average molecular weight is 428 g/mol. The van der Waals surface area contributed by atoms with E-state index in [1.807, 2.05) is 0 Å². The molecule has 0 aliphatic carbocycles. The van der Waals surface area contributed by atoms with E-state index in [9.17, 15) is 43.9 Å². The van der Waals surface area contributed by atoms with Gasteiger partial charge in [0, 0.05) is 0 Å². The summed E-state index contributed by atoms with van der Waals surface area (Å²) < 4.78 is 123. The Morgan fingerprint density at radius 2 is 0.440 bits per heavy atom. The standard InChI is InChI=1S/2C7H2F5.Zn/c2*1-2-3(8)5(10)7(12)6(11)4(2)9;/h2*1H2;/q2*-1;+2. The minimum atomic E-state index is -2.17. The van der Waals surface area contributed by atoms with Gasteiger partial charge in [-0.3, -0.25) is 17.6 Å². The number of hydrogen-bond donors (Lipinski definition) is 0. The van der Waals surface area contributed by atoms with Crippen molar-refractivity contribution in [1.29, 1.82) is 0 Å². The molecule has 0 radical (unpaired) electrons. The maximum absolute atomic E-state index is 12.3. The average Bonchev–Trinajstić information content (AvgIpc) is 2.58. The minimum absolute atomic E-state index is 0. The van der Waals surface area contributed by atoms with Gasteiger partial charge in [0.25, 0.3) is 0 Å². The van der Waals surface area contributed by atoms with Gasteiger partial charge in [-0.15, -0.1) is 11.1 Å². The third-order valence-electron chi connectivity index (χ3n) is 2.60. The number of halogens is 10. The van der Waals surface area contributed by atoms with E-state index in [4.69, 9.17) is 0 Å². The molecular weight excluding hydrogens is 424 g/mol. The van der Waals surface area contributed by atoms with Crippen molar-refractivity contribution in [2.45, 2.75) is 0 Å². The summed E-state index contributed by atoms with van der Waals surface area (Å²) in [5.41, 5.74) is -2.24. The molecule has 2 aromatic rings. The Hall–Kier alpha value is -1.90. The summed E-state index contributed by atoms with van der Waals surface area (Å²) in [5.74, 6) is -19.8. The van der Waals surface area contributed by atoms with Crippen LogP contribution in [-0.2, 0) is 19.5 Å². The maximum Gasteiger partial charge on any atom is 2.00 e. The van der Waals surface area contributed by atoms with Crippen LogP contribution in [0.1, 0.15) is 11.1 Å². The van der Waals surface area contributed by atoms with Gasteiger partial charge in [0.1, 0.15) is 23.3 Å². The summed E-state index contributed by atoms with van der Waals surface area (Å²) >= 11 is 0. The SMILES string of the molecule is [CH2-]c1c(F)c(F)c(F)c(F)c1F.[CH2-]c1c(F)c(F)c(F)c(F)c1F.[Zn+2]. The summed E-state index contributed by atoms with van der Waals surface area (Å²) in [6.45, 7) is 5.37. The molecule has 132 valence electrons. The van der Waals surface area contributed by atoms with Gasteiger partial charge in [-0.25, -0.2) is 26.3 Å². The van der Waals surface area contributed by atoms with Gasteiger partial charge in [0.05, 0.1) is 23.3 Å². The van der Waals surface area contributed by atoms with Crippen LogP contribution in [-0.4, -0.2) is 0 Å². The first-order valence-electron chi connectivity index (χ1n) is 5.60. The first kappa shape index (κ1) is 23.1. The van der Waals surface area contributed by atoms with Crippen LogP contribution in [0, 0.1) is 72.0 Å². The summed E-state index contributed by atoms with van der Waals surface area (Å²) in [5, 5.41) is 0. The molecular formula is C14H4F10Zn. The van der Waals surface area contributed by atoms with Crippen molar-refractivity contribution >= 4 is 0 Å². The van der Waals surface area contributed by atoms with Crippen LogP contribution in [0.25, 0.3) is 0 Å². The first-order valence-corrected chi connectivity index (χ1v) is 5.60. The predicted octanol–water partition coefficient (Wildman–Crippen LogP) is 5.13. The molecule has 0 fully saturated rings. The molecule has 11 heteroatoms. The largest absolute Gasteiger partial charge is 2.00 e. The second kappa shape index (κ2) is 8.46. The van der Waals surface area contributed by atoms with Crippen molar-refractivity contribution < 1.29 is 63.4 Å². The van der Waals surface area contributed by atoms with Crippen LogP contribution >= 0.6 is 0 Å². The molecule has 0 atom stereocenters. The van der Waals surface area contributed by atoms with E-state index >= 15 is 0 Å². The molecule has 0 spiro atoms. The number of hydrogen-bond acceptors (Lipinski definition) is 0. The molecule has 0 bridgehead atoms. The van der Waals surface area contributed by atoms with E-state index in [-0.39, 0.29) is 19.5 Å². The normalized spacial score (nSPS) is 10.0. The van der Waals surface area contributed by atoms with Crippen LogP contribution in [0.2, 0.25) is 0 Å². The Morgan fingerprint density at radius 3 is 0.600 bits per heavy atom. The molecule has 2 rings (SSSR count). The second-order valence-electron chi connectivity index (χ2n) is 4.10. The molecule has 0 aliphatic heterocycles. The zero-order valence-corrected chi connectivity index (χ0v) is 14.9. The molecule has 0 N–H and O–H groups in total. The van der Waals surface area contributed by atoms with E-state index in [0.29, 0.717) is 0 Å². The van der Waals surface area contributed by atoms with Crippen LogP contribution < -0.4 is 0 Å². The van der Waals surface area contributed by atoms with Crippen LogP contribution in [0.5, 0.6) is 0 Å². The zero-order valence-electron chi connectivity index (χ0n) is 11.9. The molecule has 0 heterocycles. The Balaban J connectivity index is 0.000000443. The number of benzene rings is 2. The molecule has 0 saturated heterocycles. The van der Waals surface area contributed by atoms with Crippen LogP contribution in [0.15, 0.2) is 0 Å². The zero-order chi connectivity index (χ0) is 18.9. The summed E-state index contributed by atoms with van der Waals surface area (Å²) in [7, 11) is 0. The molecule has 0 aromatic heterocycles. The summed E-state index contributed by atoms with van der Waals surface area (Å²) in [6.07, 6.45) is 0. The second-order valence-corrected chi connectivity index (χ2v) is 4.10. The Bertz CT molecular complexity index is 526. The van der Waals surface area contributed by atoms with Gasteiger partial charge in [0.15, 0.2) is 11.6 Å². The topological polar surface area (TPSA) is 0 Å². The molecule has 0 unspecified atom stereocenters. The number of rotatable bonds is 0. The van der Waals surface area contributed by atoms with Crippen molar-refractivity contribution in [2.24, 2.45) is 0 Å².